The summed E-state index contributed by atoms with van der Waals surface area (Å²) >= 11 is 0. The van der Waals surface area contributed by atoms with Crippen molar-refractivity contribution in [2.75, 3.05) is 41.3 Å². The van der Waals surface area contributed by atoms with Gasteiger partial charge in [-0.05, 0) is 63.6 Å². The molecule has 29 heavy (non-hydrogen) atoms. The molecule has 0 bridgehead atoms. The minimum atomic E-state index is 0.826. The van der Waals surface area contributed by atoms with E-state index in [9.17, 15) is 0 Å². The molecule has 3 rings (SSSR count). The molecule has 2 N–H and O–H groups in total. The second-order valence-corrected chi connectivity index (χ2v) is 7.62. The molecule has 0 aliphatic carbocycles. The predicted molar refractivity (Wildman–Crippen MR) is 118 cm³/mol. The second-order valence-electron chi connectivity index (χ2n) is 7.62. The first kappa shape index (κ1) is 21.0. The largest absolute Gasteiger partial charge is 0.457 e. The van der Waals surface area contributed by atoms with Crippen molar-refractivity contribution in [2.45, 2.75) is 13.1 Å². The Morgan fingerprint density at radius 1 is 1.00 bits per heavy atom. The van der Waals surface area contributed by atoms with Crippen LogP contribution in [-0.2, 0) is 13.1 Å². The van der Waals surface area contributed by atoms with E-state index in [-0.39, 0.29) is 0 Å². The van der Waals surface area contributed by atoms with Gasteiger partial charge in [-0.2, -0.15) is 5.10 Å². The van der Waals surface area contributed by atoms with E-state index in [0.717, 1.165) is 54.5 Å². The van der Waals surface area contributed by atoms with E-state index in [1.165, 1.54) is 5.56 Å². The van der Waals surface area contributed by atoms with E-state index in [1.807, 2.05) is 37.5 Å². The molecule has 0 radical (unpaired) electrons. The Morgan fingerprint density at radius 2 is 1.79 bits per heavy atom. The molecule has 0 saturated heterocycles. The minimum Gasteiger partial charge on any atom is -0.457 e. The SMILES string of the molecule is CNCCN(C)Cc1[nH]ncc1-c1ccc(Oc2cccc(CN(C)C)c2)cc1. The van der Waals surface area contributed by atoms with Crippen LogP contribution >= 0.6 is 0 Å². The summed E-state index contributed by atoms with van der Waals surface area (Å²) in [6, 6.07) is 16.4. The smallest absolute Gasteiger partial charge is 0.127 e. The van der Waals surface area contributed by atoms with Crippen LogP contribution in [-0.4, -0.2) is 61.3 Å². The fraction of sp³-hybridized carbons (Fsp3) is 0.348. The van der Waals surface area contributed by atoms with Gasteiger partial charge in [0.05, 0.1) is 11.9 Å². The molecule has 0 amide bonds. The van der Waals surface area contributed by atoms with Gasteiger partial charge in [-0.15, -0.1) is 0 Å². The van der Waals surface area contributed by atoms with Crippen LogP contribution in [0.2, 0.25) is 0 Å². The highest BCUT2D eigenvalue weighted by Gasteiger charge is 2.10. The Morgan fingerprint density at radius 3 is 2.52 bits per heavy atom. The highest BCUT2D eigenvalue weighted by molar-refractivity contribution is 5.66. The van der Waals surface area contributed by atoms with Crippen molar-refractivity contribution < 1.29 is 4.74 Å². The molecule has 0 unspecified atom stereocenters. The molecule has 0 fully saturated rings. The fourth-order valence-corrected chi connectivity index (χ4v) is 3.24. The number of H-pyrrole nitrogens is 1. The van der Waals surface area contributed by atoms with Crippen molar-refractivity contribution in [3.05, 3.63) is 66.0 Å². The van der Waals surface area contributed by atoms with Crippen molar-refractivity contribution in [3.63, 3.8) is 0 Å². The third-order valence-electron chi connectivity index (χ3n) is 4.69. The molecule has 0 aliphatic heterocycles. The van der Waals surface area contributed by atoms with Crippen molar-refractivity contribution >= 4 is 0 Å². The number of likely N-dealkylation sites (N-methyl/N-ethyl adjacent to an activating group) is 2. The van der Waals surface area contributed by atoms with Gasteiger partial charge in [-0.25, -0.2) is 0 Å². The van der Waals surface area contributed by atoms with Crippen LogP contribution in [0.4, 0.5) is 0 Å². The Labute approximate surface area is 173 Å². The highest BCUT2D eigenvalue weighted by Crippen LogP contribution is 2.28. The standard InChI is InChI=1S/C23H31N5O/c1-24-12-13-28(4)17-23-22(15-25-26-23)19-8-10-20(11-9-19)29-21-7-5-6-18(14-21)16-27(2)3/h5-11,14-15,24H,12-13,16-17H2,1-4H3,(H,25,26). The Balaban J connectivity index is 1.68. The zero-order valence-corrected chi connectivity index (χ0v) is 17.8. The molecule has 0 aliphatic rings. The van der Waals surface area contributed by atoms with Gasteiger partial charge in [0.1, 0.15) is 11.5 Å². The molecule has 1 heterocycles. The molecule has 2 aromatic carbocycles. The first-order chi connectivity index (χ1) is 14.0. The van der Waals surface area contributed by atoms with Gasteiger partial charge in [0, 0.05) is 31.7 Å². The lowest BCUT2D eigenvalue weighted by Gasteiger charge is -2.16. The van der Waals surface area contributed by atoms with Gasteiger partial charge in [0.25, 0.3) is 0 Å². The number of rotatable bonds is 10. The number of aromatic amines is 1. The third kappa shape index (κ3) is 6.15. The zero-order valence-electron chi connectivity index (χ0n) is 17.8. The molecule has 6 heteroatoms. The lowest BCUT2D eigenvalue weighted by molar-refractivity contribution is 0.324. The predicted octanol–water partition coefficient (Wildman–Crippen LogP) is 3.58. The lowest BCUT2D eigenvalue weighted by atomic mass is 10.1. The average Bonchev–Trinajstić information content (AvgIpc) is 3.15. The Bertz CT molecular complexity index is 888. The van der Waals surface area contributed by atoms with Crippen molar-refractivity contribution in [1.82, 2.24) is 25.3 Å². The number of ether oxygens (including phenoxy) is 1. The first-order valence-electron chi connectivity index (χ1n) is 9.92. The number of hydrogen-bond acceptors (Lipinski definition) is 5. The lowest BCUT2D eigenvalue weighted by Crippen LogP contribution is -2.27. The maximum absolute atomic E-state index is 6.05. The van der Waals surface area contributed by atoms with E-state index < -0.39 is 0 Å². The molecule has 0 atom stereocenters. The Hall–Kier alpha value is -2.67. The third-order valence-corrected chi connectivity index (χ3v) is 4.69. The first-order valence-corrected chi connectivity index (χ1v) is 9.92. The van der Waals surface area contributed by atoms with Gasteiger partial charge in [0.15, 0.2) is 0 Å². The van der Waals surface area contributed by atoms with Gasteiger partial charge in [-0.3, -0.25) is 10.00 Å². The number of aromatic nitrogens is 2. The minimum absolute atomic E-state index is 0.826. The summed E-state index contributed by atoms with van der Waals surface area (Å²) in [6.07, 6.45) is 1.89. The maximum atomic E-state index is 6.05. The normalized spacial score (nSPS) is 11.4. The van der Waals surface area contributed by atoms with Crippen LogP contribution < -0.4 is 10.1 Å². The van der Waals surface area contributed by atoms with Crippen molar-refractivity contribution in [2.24, 2.45) is 0 Å². The fourth-order valence-electron chi connectivity index (χ4n) is 3.24. The summed E-state index contributed by atoms with van der Waals surface area (Å²) in [6.45, 7) is 3.66. The summed E-state index contributed by atoms with van der Waals surface area (Å²) < 4.78 is 6.05. The number of nitrogens with zero attached hydrogens (tertiary/aromatic N) is 3. The summed E-state index contributed by atoms with van der Waals surface area (Å²) in [7, 11) is 8.21. The van der Waals surface area contributed by atoms with Crippen LogP contribution in [0.3, 0.4) is 0 Å². The summed E-state index contributed by atoms with van der Waals surface area (Å²) in [5, 5.41) is 10.6. The average molecular weight is 394 g/mol. The van der Waals surface area contributed by atoms with Gasteiger partial charge < -0.3 is 15.0 Å². The number of benzene rings is 2. The van der Waals surface area contributed by atoms with Crippen molar-refractivity contribution in [1.29, 1.82) is 0 Å². The molecule has 0 saturated carbocycles. The molecule has 1 aromatic heterocycles. The van der Waals surface area contributed by atoms with Gasteiger partial charge in [0.2, 0.25) is 0 Å². The van der Waals surface area contributed by atoms with E-state index in [1.54, 1.807) is 0 Å². The van der Waals surface area contributed by atoms with E-state index in [0.29, 0.717) is 0 Å². The molecule has 3 aromatic rings. The molecule has 0 spiro atoms. The van der Waals surface area contributed by atoms with Crippen LogP contribution in [0.15, 0.2) is 54.7 Å². The van der Waals surface area contributed by atoms with E-state index in [2.05, 4.69) is 70.7 Å². The molecular weight excluding hydrogens is 362 g/mol. The van der Waals surface area contributed by atoms with Crippen LogP contribution in [0.5, 0.6) is 11.5 Å². The van der Waals surface area contributed by atoms with Gasteiger partial charge in [-0.1, -0.05) is 24.3 Å². The van der Waals surface area contributed by atoms with E-state index in [4.69, 9.17) is 4.74 Å². The summed E-state index contributed by atoms with van der Waals surface area (Å²) in [5.41, 5.74) is 4.61. The number of nitrogens with one attached hydrogen (secondary N) is 2. The second kappa shape index (κ2) is 10.2. The van der Waals surface area contributed by atoms with E-state index >= 15 is 0 Å². The van der Waals surface area contributed by atoms with Crippen LogP contribution in [0.25, 0.3) is 11.1 Å². The summed E-state index contributed by atoms with van der Waals surface area (Å²) in [5.74, 6) is 1.68. The molecular formula is C23H31N5O. The van der Waals surface area contributed by atoms with Crippen LogP contribution in [0, 0.1) is 0 Å². The highest BCUT2D eigenvalue weighted by atomic mass is 16.5. The topological polar surface area (TPSA) is 56.4 Å². The zero-order chi connectivity index (χ0) is 20.6. The molecule has 154 valence electrons. The van der Waals surface area contributed by atoms with Crippen molar-refractivity contribution in [3.8, 4) is 22.6 Å². The maximum Gasteiger partial charge on any atom is 0.127 e. The quantitative estimate of drug-likeness (QED) is 0.551. The molecule has 6 nitrogen and oxygen atoms in total. The summed E-state index contributed by atoms with van der Waals surface area (Å²) in [4.78, 5) is 4.41. The Kier molecular flexibility index (Phi) is 7.41. The monoisotopic (exact) mass is 393 g/mol. The number of hydrogen-bond donors (Lipinski definition) is 2. The van der Waals surface area contributed by atoms with Crippen LogP contribution in [0.1, 0.15) is 11.3 Å². The van der Waals surface area contributed by atoms with Gasteiger partial charge >= 0.3 is 0 Å².